The lowest BCUT2D eigenvalue weighted by molar-refractivity contribution is -0.141. The van der Waals surface area contributed by atoms with Crippen LogP contribution >= 0.6 is 0 Å². The smallest absolute Gasteiger partial charge is 0.433 e. The highest BCUT2D eigenvalue weighted by Crippen LogP contribution is 2.39. The lowest BCUT2D eigenvalue weighted by Gasteiger charge is -2.53. The molecule has 3 N–H and O–H groups in total. The number of halogens is 3. The molecule has 2 aliphatic rings. The van der Waals surface area contributed by atoms with E-state index in [1.807, 2.05) is 23.1 Å². The van der Waals surface area contributed by atoms with E-state index in [0.29, 0.717) is 37.9 Å². The van der Waals surface area contributed by atoms with Crippen molar-refractivity contribution in [2.45, 2.75) is 75.5 Å². The number of ether oxygens (including phenoxy) is 1. The zero-order valence-electron chi connectivity index (χ0n) is 24.3. The van der Waals surface area contributed by atoms with Gasteiger partial charge in [0, 0.05) is 61.1 Å². The number of aromatic nitrogens is 6. The maximum Gasteiger partial charge on any atom is 0.433 e. The largest absolute Gasteiger partial charge is 0.474 e. The molecule has 0 unspecified atom stereocenters. The molecule has 0 bridgehead atoms. The van der Waals surface area contributed by atoms with Crippen molar-refractivity contribution in [1.82, 2.24) is 39.9 Å². The van der Waals surface area contributed by atoms with Crippen molar-refractivity contribution < 1.29 is 23.0 Å². The second kappa shape index (κ2) is 12.1. The Balaban J connectivity index is 1.08. The summed E-state index contributed by atoms with van der Waals surface area (Å²) in [6, 6.07) is 6.84. The van der Waals surface area contributed by atoms with E-state index in [-0.39, 0.29) is 37.2 Å². The number of hydrogen-bond acceptors (Lipinski definition) is 9. The molecule has 5 heterocycles. The summed E-state index contributed by atoms with van der Waals surface area (Å²) in [4.78, 5) is 17.9. The van der Waals surface area contributed by atoms with Gasteiger partial charge in [-0.05, 0) is 50.3 Å². The zero-order valence-corrected chi connectivity index (χ0v) is 24.3. The molecule has 1 atom stereocenters. The molecular formula is C30H34F3N9O2. The van der Waals surface area contributed by atoms with E-state index in [0.717, 1.165) is 41.2 Å². The van der Waals surface area contributed by atoms with Crippen LogP contribution in [0.1, 0.15) is 50.3 Å². The van der Waals surface area contributed by atoms with Gasteiger partial charge in [0.2, 0.25) is 5.88 Å². The number of aliphatic hydroxyl groups excluding tert-OH is 1. The molecule has 1 saturated carbocycles. The molecular weight excluding hydrogens is 575 g/mol. The third kappa shape index (κ3) is 6.12. The van der Waals surface area contributed by atoms with Crippen molar-refractivity contribution in [2.24, 2.45) is 0 Å². The SMILES string of the molecule is C[C@H](CO)NCc1cc(OC2CCC(N3CC(CC#N)(n4cc(-c5ncnc6[nH]ccc56)cn4)C3)CC2)nc(C(F)(F)F)c1. The standard InChI is InChI=1S/C30H34F3N9O2/c1-19(15-43)36-12-20-10-25(30(31,32)33)40-26(11-20)44-23-4-2-22(3-5-23)41-16-29(17-41,7-8-34)42-14-21(13-39-42)27-24-6-9-35-28(24)38-18-37-27/h6,9-11,13-14,18-19,22-23,36,43H,2-5,7,12,15-17H2,1H3,(H,35,37,38)/t19-,22?,23?/m1/s1. The monoisotopic (exact) mass is 609 g/mol. The number of likely N-dealkylation sites (tertiary alicyclic amines) is 1. The fraction of sp³-hybridized carbons (Fsp3) is 0.500. The zero-order chi connectivity index (χ0) is 30.9. The van der Waals surface area contributed by atoms with Crippen molar-refractivity contribution in [2.75, 3.05) is 19.7 Å². The van der Waals surface area contributed by atoms with Gasteiger partial charge in [-0.25, -0.2) is 15.0 Å². The van der Waals surface area contributed by atoms with Gasteiger partial charge < -0.3 is 20.1 Å². The normalized spacial score (nSPS) is 21.1. The Labute approximate surface area is 252 Å². The first-order valence-electron chi connectivity index (χ1n) is 14.7. The van der Waals surface area contributed by atoms with Crippen molar-refractivity contribution in [3.05, 3.63) is 54.4 Å². The fourth-order valence-electron chi connectivity index (χ4n) is 6.18. The van der Waals surface area contributed by atoms with E-state index >= 15 is 0 Å². The van der Waals surface area contributed by atoms with Crippen molar-refractivity contribution in [1.29, 1.82) is 5.26 Å². The number of nitrogens with zero attached hydrogens (tertiary/aromatic N) is 7. The van der Waals surface area contributed by atoms with Gasteiger partial charge in [-0.1, -0.05) is 0 Å². The molecule has 2 fully saturated rings. The van der Waals surface area contributed by atoms with Crippen LogP contribution in [0, 0.1) is 11.3 Å². The molecule has 44 heavy (non-hydrogen) atoms. The Morgan fingerprint density at radius 1 is 1.23 bits per heavy atom. The second-order valence-electron chi connectivity index (χ2n) is 11.8. The highest BCUT2D eigenvalue weighted by Gasteiger charge is 2.48. The predicted octanol–water partition coefficient (Wildman–Crippen LogP) is 4.02. The van der Waals surface area contributed by atoms with Gasteiger partial charge in [0.1, 0.15) is 29.3 Å². The van der Waals surface area contributed by atoms with Gasteiger partial charge in [0.25, 0.3) is 0 Å². The van der Waals surface area contributed by atoms with E-state index in [4.69, 9.17) is 4.74 Å². The molecule has 4 aromatic rings. The first-order valence-corrected chi connectivity index (χ1v) is 14.7. The molecule has 6 rings (SSSR count). The van der Waals surface area contributed by atoms with Gasteiger partial charge in [-0.15, -0.1) is 0 Å². The molecule has 0 spiro atoms. The average Bonchev–Trinajstić information content (AvgIpc) is 3.68. The predicted molar refractivity (Wildman–Crippen MR) is 154 cm³/mol. The summed E-state index contributed by atoms with van der Waals surface area (Å²) in [5.74, 6) is -0.0381. The van der Waals surface area contributed by atoms with Crippen LogP contribution in [0.25, 0.3) is 22.3 Å². The topological polar surface area (TPSA) is 141 Å². The third-order valence-corrected chi connectivity index (χ3v) is 8.63. The molecule has 1 saturated heterocycles. The minimum Gasteiger partial charge on any atom is -0.474 e. The molecule has 1 aliphatic heterocycles. The number of nitriles is 1. The summed E-state index contributed by atoms with van der Waals surface area (Å²) in [6.45, 7) is 3.14. The van der Waals surface area contributed by atoms with Gasteiger partial charge in [0.05, 0.1) is 31.0 Å². The van der Waals surface area contributed by atoms with E-state index in [1.165, 1.54) is 12.4 Å². The quantitative estimate of drug-likeness (QED) is 0.243. The molecule has 1 aliphatic carbocycles. The number of H-pyrrole nitrogens is 1. The molecule has 232 valence electrons. The lowest BCUT2D eigenvalue weighted by atomic mass is 9.82. The summed E-state index contributed by atoms with van der Waals surface area (Å²) >= 11 is 0. The highest BCUT2D eigenvalue weighted by molar-refractivity contribution is 5.90. The Morgan fingerprint density at radius 2 is 2.02 bits per heavy atom. The summed E-state index contributed by atoms with van der Waals surface area (Å²) in [6.07, 6.45) is 5.56. The number of hydrogen-bond donors (Lipinski definition) is 3. The van der Waals surface area contributed by atoms with Gasteiger partial charge in [0.15, 0.2) is 0 Å². The van der Waals surface area contributed by atoms with Crippen molar-refractivity contribution >= 4 is 11.0 Å². The summed E-state index contributed by atoms with van der Waals surface area (Å²) in [5.41, 5.74) is 1.34. The summed E-state index contributed by atoms with van der Waals surface area (Å²) in [5, 5.41) is 27.4. The van der Waals surface area contributed by atoms with Crippen LogP contribution in [0.15, 0.2) is 43.1 Å². The Bertz CT molecular complexity index is 1630. The minimum atomic E-state index is -4.60. The lowest BCUT2D eigenvalue weighted by Crippen LogP contribution is -2.65. The molecule has 11 nitrogen and oxygen atoms in total. The molecule has 14 heteroatoms. The summed E-state index contributed by atoms with van der Waals surface area (Å²) in [7, 11) is 0. The Morgan fingerprint density at radius 3 is 2.75 bits per heavy atom. The van der Waals surface area contributed by atoms with E-state index in [1.54, 1.807) is 13.1 Å². The number of aliphatic hydroxyl groups is 1. The van der Waals surface area contributed by atoms with E-state index in [9.17, 15) is 23.5 Å². The van der Waals surface area contributed by atoms with Gasteiger partial charge in [-0.2, -0.15) is 23.5 Å². The van der Waals surface area contributed by atoms with Crippen LogP contribution in [0.2, 0.25) is 0 Å². The fourth-order valence-corrected chi connectivity index (χ4v) is 6.18. The first-order chi connectivity index (χ1) is 21.2. The summed E-state index contributed by atoms with van der Waals surface area (Å²) < 4.78 is 48.5. The molecule has 0 aromatic carbocycles. The van der Waals surface area contributed by atoms with Crippen LogP contribution in [0.4, 0.5) is 13.2 Å². The van der Waals surface area contributed by atoms with Crippen molar-refractivity contribution in [3.8, 4) is 23.2 Å². The average molecular weight is 610 g/mol. The second-order valence-corrected chi connectivity index (χ2v) is 11.8. The number of pyridine rings is 1. The Kier molecular flexibility index (Phi) is 8.28. The number of nitrogens with one attached hydrogen (secondary N) is 2. The first kappa shape index (κ1) is 30.0. The number of aromatic amines is 1. The van der Waals surface area contributed by atoms with Crippen LogP contribution < -0.4 is 10.1 Å². The van der Waals surface area contributed by atoms with Crippen LogP contribution in [-0.4, -0.2) is 77.6 Å². The third-order valence-electron chi connectivity index (χ3n) is 8.63. The Hall–Kier alpha value is -4.06. The van der Waals surface area contributed by atoms with Crippen LogP contribution in [0.5, 0.6) is 5.88 Å². The van der Waals surface area contributed by atoms with Gasteiger partial charge in [-0.3, -0.25) is 9.58 Å². The number of rotatable bonds is 10. The maximum atomic E-state index is 13.5. The van der Waals surface area contributed by atoms with Gasteiger partial charge >= 0.3 is 6.18 Å². The van der Waals surface area contributed by atoms with Crippen molar-refractivity contribution in [3.63, 3.8) is 0 Å². The molecule has 4 aromatic heterocycles. The maximum absolute atomic E-state index is 13.5. The number of alkyl halides is 3. The highest BCUT2D eigenvalue weighted by atomic mass is 19.4. The minimum absolute atomic E-state index is 0.0381. The van der Waals surface area contributed by atoms with E-state index in [2.05, 4.69) is 41.3 Å². The van der Waals surface area contributed by atoms with E-state index < -0.39 is 17.4 Å². The number of fused-ring (bicyclic) bond motifs is 1. The van der Waals surface area contributed by atoms with Crippen LogP contribution in [0.3, 0.4) is 0 Å². The van der Waals surface area contributed by atoms with Crippen LogP contribution in [-0.2, 0) is 18.3 Å². The molecule has 0 amide bonds. The molecule has 0 radical (unpaired) electrons.